The van der Waals surface area contributed by atoms with E-state index in [0.717, 1.165) is 10.5 Å². The Morgan fingerprint density at radius 3 is 2.26 bits per heavy atom. The third-order valence-electron chi connectivity index (χ3n) is 2.73. The Morgan fingerprint density at radius 2 is 1.68 bits per heavy atom. The first-order valence-electron chi connectivity index (χ1n) is 5.82. The fraction of sp³-hybridized carbons (Fsp3) is 0.133. The molecule has 2 rings (SSSR count). The summed E-state index contributed by atoms with van der Waals surface area (Å²) in [4.78, 5) is 12.7. The van der Waals surface area contributed by atoms with Gasteiger partial charge in [-0.05, 0) is 48.9 Å². The van der Waals surface area contributed by atoms with Gasteiger partial charge in [-0.3, -0.25) is 0 Å². The van der Waals surface area contributed by atoms with Gasteiger partial charge in [0.15, 0.2) is 0 Å². The zero-order chi connectivity index (χ0) is 13.8. The lowest BCUT2D eigenvalue weighted by atomic mass is 10.1. The van der Waals surface area contributed by atoms with Crippen LogP contribution in [-0.4, -0.2) is 5.97 Å². The average molecular weight is 293 g/mol. The number of ether oxygens (including phenoxy) is 1. The number of thiol groups is 1. The van der Waals surface area contributed by atoms with E-state index >= 15 is 0 Å². The van der Waals surface area contributed by atoms with Crippen molar-refractivity contribution in [1.82, 2.24) is 0 Å². The Balaban J connectivity index is 2.06. The summed E-state index contributed by atoms with van der Waals surface area (Å²) in [5, 5.41) is 0.659. The van der Waals surface area contributed by atoms with Gasteiger partial charge in [0.1, 0.15) is 6.10 Å². The highest BCUT2D eigenvalue weighted by Gasteiger charge is 2.13. The topological polar surface area (TPSA) is 26.3 Å². The first kappa shape index (κ1) is 14.0. The summed E-state index contributed by atoms with van der Waals surface area (Å²) in [7, 11) is 0. The molecule has 0 N–H and O–H groups in total. The molecule has 1 atom stereocenters. The van der Waals surface area contributed by atoms with Gasteiger partial charge in [0, 0.05) is 9.92 Å². The van der Waals surface area contributed by atoms with E-state index in [4.69, 9.17) is 16.3 Å². The van der Waals surface area contributed by atoms with Gasteiger partial charge >= 0.3 is 5.97 Å². The van der Waals surface area contributed by atoms with Gasteiger partial charge < -0.3 is 4.74 Å². The molecule has 0 saturated heterocycles. The Bertz CT molecular complexity index is 564. The first-order chi connectivity index (χ1) is 9.06. The monoisotopic (exact) mass is 292 g/mol. The molecule has 0 aliphatic rings. The molecule has 4 heteroatoms. The van der Waals surface area contributed by atoms with Crippen LogP contribution < -0.4 is 0 Å². The summed E-state index contributed by atoms with van der Waals surface area (Å²) < 4.78 is 5.40. The van der Waals surface area contributed by atoms with Gasteiger partial charge in [-0.1, -0.05) is 23.7 Å². The molecule has 0 fully saturated rings. The first-order valence-corrected chi connectivity index (χ1v) is 6.64. The summed E-state index contributed by atoms with van der Waals surface area (Å²) in [5.74, 6) is -0.351. The Labute approximate surface area is 122 Å². The SMILES string of the molecule is CC(OC(=O)c1ccc(S)cc1)c1ccc(Cl)cc1. The van der Waals surface area contributed by atoms with Crippen molar-refractivity contribution in [3.8, 4) is 0 Å². The van der Waals surface area contributed by atoms with E-state index in [-0.39, 0.29) is 12.1 Å². The maximum absolute atomic E-state index is 11.9. The van der Waals surface area contributed by atoms with E-state index in [1.54, 1.807) is 36.4 Å². The van der Waals surface area contributed by atoms with Gasteiger partial charge in [-0.15, -0.1) is 12.6 Å². The number of hydrogen-bond donors (Lipinski definition) is 1. The van der Waals surface area contributed by atoms with Crippen molar-refractivity contribution in [3.05, 3.63) is 64.7 Å². The summed E-state index contributed by atoms with van der Waals surface area (Å²) in [5.41, 5.74) is 1.42. The lowest BCUT2D eigenvalue weighted by Gasteiger charge is -2.13. The largest absolute Gasteiger partial charge is 0.454 e. The van der Waals surface area contributed by atoms with Gasteiger partial charge in [-0.2, -0.15) is 0 Å². The zero-order valence-corrected chi connectivity index (χ0v) is 12.0. The molecule has 19 heavy (non-hydrogen) atoms. The number of rotatable bonds is 3. The minimum Gasteiger partial charge on any atom is -0.454 e. The molecule has 0 bridgehead atoms. The normalized spacial score (nSPS) is 11.9. The molecule has 0 aliphatic heterocycles. The van der Waals surface area contributed by atoms with E-state index in [9.17, 15) is 4.79 Å². The molecule has 2 aromatic rings. The molecule has 98 valence electrons. The van der Waals surface area contributed by atoms with Gasteiger partial charge in [0.05, 0.1) is 5.56 Å². The molecule has 0 radical (unpaired) electrons. The Hall–Kier alpha value is -1.45. The van der Waals surface area contributed by atoms with Crippen LogP contribution in [0.4, 0.5) is 0 Å². The standard InChI is InChI=1S/C15H13ClO2S/c1-10(11-2-6-13(16)7-3-11)18-15(17)12-4-8-14(19)9-5-12/h2-10,19H,1H3. The third-order valence-corrected chi connectivity index (χ3v) is 3.28. The highest BCUT2D eigenvalue weighted by molar-refractivity contribution is 7.80. The van der Waals surface area contributed by atoms with Gasteiger partial charge in [0.2, 0.25) is 0 Å². The van der Waals surface area contributed by atoms with Crippen molar-refractivity contribution >= 4 is 30.2 Å². The van der Waals surface area contributed by atoms with E-state index in [1.165, 1.54) is 0 Å². The van der Waals surface area contributed by atoms with Crippen molar-refractivity contribution in [1.29, 1.82) is 0 Å². The van der Waals surface area contributed by atoms with Crippen LogP contribution in [0.15, 0.2) is 53.4 Å². The maximum atomic E-state index is 11.9. The van der Waals surface area contributed by atoms with Crippen LogP contribution in [0.5, 0.6) is 0 Å². The van der Waals surface area contributed by atoms with E-state index in [2.05, 4.69) is 12.6 Å². The quantitative estimate of drug-likeness (QED) is 0.664. The average Bonchev–Trinajstić information content (AvgIpc) is 2.40. The predicted molar refractivity (Wildman–Crippen MR) is 79.0 cm³/mol. The molecule has 0 aliphatic carbocycles. The number of benzene rings is 2. The Morgan fingerprint density at radius 1 is 1.11 bits per heavy atom. The van der Waals surface area contributed by atoms with Gasteiger partial charge in [0.25, 0.3) is 0 Å². The van der Waals surface area contributed by atoms with Crippen LogP contribution in [0.25, 0.3) is 0 Å². The van der Waals surface area contributed by atoms with Crippen molar-refractivity contribution in [2.75, 3.05) is 0 Å². The number of halogens is 1. The minimum atomic E-state index is -0.351. The van der Waals surface area contributed by atoms with Gasteiger partial charge in [-0.25, -0.2) is 4.79 Å². The molecule has 1 unspecified atom stereocenters. The summed E-state index contributed by atoms with van der Waals surface area (Å²) >= 11 is 9.99. The molecule has 2 aromatic carbocycles. The van der Waals surface area contributed by atoms with Crippen LogP contribution in [-0.2, 0) is 4.74 Å². The van der Waals surface area contributed by atoms with Crippen LogP contribution in [0.1, 0.15) is 28.9 Å². The predicted octanol–water partition coefficient (Wildman–Crippen LogP) is 4.55. The van der Waals surface area contributed by atoms with Crippen molar-refractivity contribution in [2.45, 2.75) is 17.9 Å². The molecule has 0 spiro atoms. The number of hydrogen-bond acceptors (Lipinski definition) is 3. The zero-order valence-electron chi connectivity index (χ0n) is 10.3. The van der Waals surface area contributed by atoms with Crippen molar-refractivity contribution in [3.63, 3.8) is 0 Å². The lowest BCUT2D eigenvalue weighted by Crippen LogP contribution is -2.09. The number of carbonyl (C=O) groups excluding carboxylic acids is 1. The third kappa shape index (κ3) is 3.75. The fourth-order valence-corrected chi connectivity index (χ4v) is 1.90. The smallest absolute Gasteiger partial charge is 0.338 e. The molecule has 0 aromatic heterocycles. The fourth-order valence-electron chi connectivity index (χ4n) is 1.63. The van der Waals surface area contributed by atoms with Crippen molar-refractivity contribution in [2.24, 2.45) is 0 Å². The van der Waals surface area contributed by atoms with Crippen LogP contribution in [0.3, 0.4) is 0 Å². The highest BCUT2D eigenvalue weighted by atomic mass is 35.5. The molecule has 0 heterocycles. The van der Waals surface area contributed by atoms with E-state index in [0.29, 0.717) is 10.6 Å². The molecule has 0 amide bonds. The molecule has 2 nitrogen and oxygen atoms in total. The van der Waals surface area contributed by atoms with E-state index in [1.807, 2.05) is 19.1 Å². The second-order valence-electron chi connectivity index (χ2n) is 4.15. The van der Waals surface area contributed by atoms with Crippen LogP contribution in [0, 0.1) is 0 Å². The van der Waals surface area contributed by atoms with Crippen molar-refractivity contribution < 1.29 is 9.53 Å². The summed E-state index contributed by atoms with van der Waals surface area (Å²) in [6.45, 7) is 1.83. The highest BCUT2D eigenvalue weighted by Crippen LogP contribution is 2.21. The Kier molecular flexibility index (Phi) is 4.51. The van der Waals surface area contributed by atoms with Crippen LogP contribution >= 0.6 is 24.2 Å². The molecule has 0 saturated carbocycles. The summed E-state index contributed by atoms with van der Waals surface area (Å²) in [6, 6.07) is 14.1. The summed E-state index contributed by atoms with van der Waals surface area (Å²) in [6.07, 6.45) is -0.319. The maximum Gasteiger partial charge on any atom is 0.338 e. The second-order valence-corrected chi connectivity index (χ2v) is 5.10. The number of carbonyl (C=O) groups is 1. The van der Waals surface area contributed by atoms with E-state index < -0.39 is 0 Å². The number of esters is 1. The lowest BCUT2D eigenvalue weighted by molar-refractivity contribution is 0.0338. The van der Waals surface area contributed by atoms with Crippen LogP contribution in [0.2, 0.25) is 5.02 Å². The molecular weight excluding hydrogens is 280 g/mol. The minimum absolute atomic E-state index is 0.319. The second kappa shape index (κ2) is 6.13. The molecular formula is C15H13ClO2S.